The van der Waals surface area contributed by atoms with E-state index in [0.717, 1.165) is 31.4 Å². The van der Waals surface area contributed by atoms with Gasteiger partial charge < -0.3 is 14.4 Å². The minimum Gasteiger partial charge on any atom is -0.385 e. The Morgan fingerprint density at radius 3 is 2.57 bits per heavy atom. The Kier molecular flexibility index (Phi) is 5.76. The Morgan fingerprint density at radius 1 is 1.29 bits per heavy atom. The van der Waals surface area contributed by atoms with Crippen LogP contribution in [-0.4, -0.2) is 51.3 Å². The molecule has 0 radical (unpaired) electrons. The molecule has 1 fully saturated rings. The van der Waals surface area contributed by atoms with Gasteiger partial charge in [0.05, 0.1) is 5.41 Å². The monoisotopic (exact) mass is 291 g/mol. The zero-order chi connectivity index (χ0) is 15.1. The van der Waals surface area contributed by atoms with E-state index >= 15 is 0 Å². The van der Waals surface area contributed by atoms with E-state index in [4.69, 9.17) is 9.47 Å². The van der Waals surface area contributed by atoms with Gasteiger partial charge in [0.1, 0.15) is 0 Å². The maximum Gasteiger partial charge on any atom is 0.233 e. The Balaban J connectivity index is 2.18. The van der Waals surface area contributed by atoms with Crippen LogP contribution >= 0.6 is 0 Å². The number of methoxy groups -OCH3 is 1. The molecular formula is C17H25NO3. The zero-order valence-corrected chi connectivity index (χ0v) is 13.0. The molecule has 1 aromatic carbocycles. The summed E-state index contributed by atoms with van der Waals surface area (Å²) in [6, 6.07) is 10.1. The Bertz CT molecular complexity index is 441. The first-order chi connectivity index (χ1) is 10.2. The number of hydrogen-bond acceptors (Lipinski definition) is 3. The molecule has 0 aromatic heterocycles. The highest BCUT2D eigenvalue weighted by atomic mass is 16.5. The standard InChI is InChI=1S/C17H25NO3/c1-18(11-6-12-20-2)16(19)17(9-13-21-14-10-17)15-7-4-3-5-8-15/h3-5,7-8H,6,9-14H2,1-2H3. The van der Waals surface area contributed by atoms with Gasteiger partial charge in [-0.15, -0.1) is 0 Å². The average molecular weight is 291 g/mol. The van der Waals surface area contributed by atoms with E-state index in [9.17, 15) is 4.79 Å². The van der Waals surface area contributed by atoms with E-state index in [0.29, 0.717) is 19.8 Å². The van der Waals surface area contributed by atoms with Crippen LogP contribution < -0.4 is 0 Å². The number of benzene rings is 1. The van der Waals surface area contributed by atoms with Crippen LogP contribution in [0.2, 0.25) is 0 Å². The van der Waals surface area contributed by atoms with Crippen molar-refractivity contribution in [2.45, 2.75) is 24.7 Å². The van der Waals surface area contributed by atoms with Crippen LogP contribution in [0.15, 0.2) is 30.3 Å². The predicted molar refractivity (Wildman–Crippen MR) is 82.3 cm³/mol. The number of rotatable bonds is 6. The van der Waals surface area contributed by atoms with Crippen molar-refractivity contribution in [1.29, 1.82) is 0 Å². The number of hydrogen-bond donors (Lipinski definition) is 0. The third-order valence-electron chi connectivity index (χ3n) is 4.27. The van der Waals surface area contributed by atoms with Crippen molar-refractivity contribution >= 4 is 5.91 Å². The summed E-state index contributed by atoms with van der Waals surface area (Å²) in [6.07, 6.45) is 2.37. The van der Waals surface area contributed by atoms with Gasteiger partial charge in [-0.25, -0.2) is 0 Å². The molecule has 0 aliphatic carbocycles. The van der Waals surface area contributed by atoms with Gasteiger partial charge in [0, 0.05) is 40.5 Å². The maximum atomic E-state index is 13.0. The maximum absolute atomic E-state index is 13.0. The van der Waals surface area contributed by atoms with Crippen LogP contribution in [0.3, 0.4) is 0 Å². The van der Waals surface area contributed by atoms with Gasteiger partial charge in [0.15, 0.2) is 0 Å². The fraction of sp³-hybridized carbons (Fsp3) is 0.588. The van der Waals surface area contributed by atoms with Gasteiger partial charge in [-0.05, 0) is 24.8 Å². The molecule has 1 amide bonds. The molecule has 0 saturated carbocycles. The van der Waals surface area contributed by atoms with E-state index in [1.807, 2.05) is 30.1 Å². The second-order valence-corrected chi connectivity index (χ2v) is 5.63. The quantitative estimate of drug-likeness (QED) is 0.755. The van der Waals surface area contributed by atoms with E-state index in [1.54, 1.807) is 7.11 Å². The molecule has 1 aliphatic heterocycles. The minimum absolute atomic E-state index is 0.202. The lowest BCUT2D eigenvalue weighted by molar-refractivity contribution is -0.140. The second-order valence-electron chi connectivity index (χ2n) is 5.63. The van der Waals surface area contributed by atoms with E-state index in [2.05, 4.69) is 12.1 Å². The Morgan fingerprint density at radius 2 is 1.95 bits per heavy atom. The molecule has 1 heterocycles. The number of carbonyl (C=O) groups excluding carboxylic acids is 1. The highest BCUT2D eigenvalue weighted by Crippen LogP contribution is 2.36. The molecule has 1 aliphatic rings. The summed E-state index contributed by atoms with van der Waals surface area (Å²) >= 11 is 0. The first-order valence-corrected chi connectivity index (χ1v) is 7.58. The summed E-state index contributed by atoms with van der Waals surface area (Å²) in [5.41, 5.74) is 0.679. The molecule has 1 saturated heterocycles. The number of ether oxygens (including phenoxy) is 2. The first-order valence-electron chi connectivity index (χ1n) is 7.58. The van der Waals surface area contributed by atoms with Crippen LogP contribution in [0, 0.1) is 0 Å². The molecule has 0 bridgehead atoms. The summed E-state index contributed by atoms with van der Waals surface area (Å²) in [5.74, 6) is 0.202. The molecular weight excluding hydrogens is 266 g/mol. The van der Waals surface area contributed by atoms with Gasteiger partial charge in [-0.2, -0.15) is 0 Å². The number of amides is 1. The highest BCUT2D eigenvalue weighted by molar-refractivity contribution is 5.88. The molecule has 0 atom stereocenters. The molecule has 0 unspecified atom stereocenters. The van der Waals surface area contributed by atoms with Crippen LogP contribution in [0.4, 0.5) is 0 Å². The number of likely N-dealkylation sites (N-methyl/N-ethyl adjacent to an activating group) is 1. The van der Waals surface area contributed by atoms with Crippen molar-refractivity contribution < 1.29 is 14.3 Å². The lowest BCUT2D eigenvalue weighted by Gasteiger charge is -2.39. The Labute approximate surface area is 127 Å². The zero-order valence-electron chi connectivity index (χ0n) is 13.0. The molecule has 116 valence electrons. The third kappa shape index (κ3) is 3.63. The molecule has 4 heteroatoms. The van der Waals surface area contributed by atoms with Crippen LogP contribution in [0.1, 0.15) is 24.8 Å². The molecule has 2 rings (SSSR count). The summed E-state index contributed by atoms with van der Waals surface area (Å²) in [6.45, 7) is 2.69. The van der Waals surface area contributed by atoms with Crippen molar-refractivity contribution in [2.75, 3.05) is 40.5 Å². The van der Waals surface area contributed by atoms with Gasteiger partial charge >= 0.3 is 0 Å². The van der Waals surface area contributed by atoms with Gasteiger partial charge in [-0.1, -0.05) is 30.3 Å². The average Bonchev–Trinajstić information content (AvgIpc) is 2.55. The topological polar surface area (TPSA) is 38.8 Å². The highest BCUT2D eigenvalue weighted by Gasteiger charge is 2.42. The van der Waals surface area contributed by atoms with E-state index in [-0.39, 0.29) is 5.91 Å². The fourth-order valence-corrected chi connectivity index (χ4v) is 3.02. The summed E-state index contributed by atoms with van der Waals surface area (Å²) in [5, 5.41) is 0. The van der Waals surface area contributed by atoms with Crippen molar-refractivity contribution in [2.24, 2.45) is 0 Å². The van der Waals surface area contributed by atoms with E-state index in [1.165, 1.54) is 0 Å². The van der Waals surface area contributed by atoms with Crippen molar-refractivity contribution in [3.63, 3.8) is 0 Å². The first kappa shape index (κ1) is 16.0. The normalized spacial score (nSPS) is 17.4. The van der Waals surface area contributed by atoms with E-state index < -0.39 is 5.41 Å². The minimum atomic E-state index is -0.429. The fourth-order valence-electron chi connectivity index (χ4n) is 3.02. The summed E-state index contributed by atoms with van der Waals surface area (Å²) < 4.78 is 10.6. The molecule has 1 aromatic rings. The molecule has 4 nitrogen and oxygen atoms in total. The third-order valence-corrected chi connectivity index (χ3v) is 4.27. The van der Waals surface area contributed by atoms with Gasteiger partial charge in [0.2, 0.25) is 5.91 Å². The lowest BCUT2D eigenvalue weighted by Crippen LogP contribution is -2.49. The number of carbonyl (C=O) groups is 1. The predicted octanol–water partition coefficient (Wildman–Crippen LogP) is 2.23. The van der Waals surface area contributed by atoms with Crippen molar-refractivity contribution in [1.82, 2.24) is 4.90 Å². The van der Waals surface area contributed by atoms with Crippen LogP contribution in [0.5, 0.6) is 0 Å². The lowest BCUT2D eigenvalue weighted by atomic mass is 9.73. The Hall–Kier alpha value is -1.39. The number of nitrogens with zero attached hydrogens (tertiary/aromatic N) is 1. The molecule has 21 heavy (non-hydrogen) atoms. The van der Waals surface area contributed by atoms with Crippen LogP contribution in [-0.2, 0) is 19.7 Å². The SMILES string of the molecule is COCCCN(C)C(=O)C1(c2ccccc2)CCOCC1. The van der Waals surface area contributed by atoms with Gasteiger partial charge in [0.25, 0.3) is 0 Å². The summed E-state index contributed by atoms with van der Waals surface area (Å²) in [4.78, 5) is 14.9. The largest absolute Gasteiger partial charge is 0.385 e. The molecule has 0 spiro atoms. The smallest absolute Gasteiger partial charge is 0.233 e. The molecule has 0 N–H and O–H groups in total. The van der Waals surface area contributed by atoms with Crippen molar-refractivity contribution in [3.05, 3.63) is 35.9 Å². The summed E-state index contributed by atoms with van der Waals surface area (Å²) in [7, 11) is 3.57. The van der Waals surface area contributed by atoms with Crippen molar-refractivity contribution in [3.8, 4) is 0 Å². The second kappa shape index (κ2) is 7.57. The van der Waals surface area contributed by atoms with Gasteiger partial charge in [-0.3, -0.25) is 4.79 Å². The van der Waals surface area contributed by atoms with Crippen LogP contribution in [0.25, 0.3) is 0 Å².